The van der Waals surface area contributed by atoms with Gasteiger partial charge in [0.1, 0.15) is 0 Å². The van der Waals surface area contributed by atoms with Crippen molar-refractivity contribution in [3.63, 3.8) is 0 Å². The summed E-state index contributed by atoms with van der Waals surface area (Å²) in [6.45, 7) is 1.80. The molecule has 0 bridgehead atoms. The minimum absolute atomic E-state index is 0.625. The fourth-order valence-corrected chi connectivity index (χ4v) is 2.95. The molecule has 0 radical (unpaired) electrons. The van der Waals surface area contributed by atoms with Gasteiger partial charge in [0.2, 0.25) is 0 Å². The Morgan fingerprint density at radius 2 is 2.18 bits per heavy atom. The van der Waals surface area contributed by atoms with Crippen LogP contribution in [0.4, 0.5) is 0 Å². The molecule has 0 atom stereocenters. The highest BCUT2D eigenvalue weighted by Crippen LogP contribution is 2.37. The molecule has 1 aliphatic carbocycles. The van der Waals surface area contributed by atoms with Crippen LogP contribution in [0.1, 0.15) is 23.6 Å². The first-order valence-corrected chi connectivity index (χ1v) is 6.02. The Morgan fingerprint density at radius 1 is 1.35 bits per heavy atom. The molecule has 0 saturated heterocycles. The Bertz CT molecular complexity index is 646. The first-order valence-electron chi connectivity index (χ1n) is 5.64. The van der Waals surface area contributed by atoms with Crippen molar-refractivity contribution in [3.8, 4) is 0 Å². The van der Waals surface area contributed by atoms with Crippen LogP contribution >= 0.6 is 11.6 Å². The molecule has 3 rings (SSSR count). The highest BCUT2D eigenvalue weighted by Gasteiger charge is 2.20. The molecule has 3 heteroatoms. The fourth-order valence-electron chi connectivity index (χ4n) is 2.69. The van der Waals surface area contributed by atoms with Crippen molar-refractivity contribution < 1.29 is 5.21 Å². The molecule has 0 heterocycles. The molecule has 0 amide bonds. The van der Waals surface area contributed by atoms with Crippen LogP contribution in [0.5, 0.6) is 0 Å². The molecule has 2 nitrogen and oxygen atoms in total. The monoisotopic (exact) mass is 245 g/mol. The van der Waals surface area contributed by atoms with E-state index in [1.165, 1.54) is 16.5 Å². The van der Waals surface area contributed by atoms with Gasteiger partial charge in [-0.1, -0.05) is 35.0 Å². The molecule has 2 aromatic rings. The lowest BCUT2D eigenvalue weighted by atomic mass is 9.98. The van der Waals surface area contributed by atoms with E-state index >= 15 is 0 Å². The van der Waals surface area contributed by atoms with Crippen molar-refractivity contribution in [2.45, 2.75) is 19.8 Å². The van der Waals surface area contributed by atoms with Gasteiger partial charge in [-0.3, -0.25) is 0 Å². The maximum Gasteiger partial charge on any atom is 0.0840 e. The Balaban J connectivity index is 2.45. The predicted molar refractivity (Wildman–Crippen MR) is 70.4 cm³/mol. The highest BCUT2D eigenvalue weighted by molar-refractivity contribution is 6.36. The molecule has 0 saturated carbocycles. The summed E-state index contributed by atoms with van der Waals surface area (Å²) < 4.78 is 0. The highest BCUT2D eigenvalue weighted by atomic mass is 35.5. The van der Waals surface area contributed by atoms with Crippen LogP contribution in [0, 0.1) is 0 Å². The summed E-state index contributed by atoms with van der Waals surface area (Å²) in [6.07, 6.45) is 2.04. The van der Waals surface area contributed by atoms with Crippen LogP contribution in [0.15, 0.2) is 29.4 Å². The Morgan fingerprint density at radius 3 is 2.94 bits per heavy atom. The SMILES string of the molecule is CC(=NO)c1cc(Cl)c2cccc3c2c1CC3. The third-order valence-electron chi connectivity index (χ3n) is 3.49. The Kier molecular flexibility index (Phi) is 2.33. The van der Waals surface area contributed by atoms with E-state index in [0.717, 1.165) is 28.8 Å². The van der Waals surface area contributed by atoms with Crippen molar-refractivity contribution in [2.24, 2.45) is 5.16 Å². The molecule has 0 spiro atoms. The van der Waals surface area contributed by atoms with E-state index < -0.39 is 0 Å². The molecule has 0 fully saturated rings. The minimum atomic E-state index is 0.625. The summed E-state index contributed by atoms with van der Waals surface area (Å²) in [4.78, 5) is 0. The lowest BCUT2D eigenvalue weighted by Gasteiger charge is -2.09. The molecule has 2 aromatic carbocycles. The molecular formula is C14H12ClNO. The van der Waals surface area contributed by atoms with Crippen molar-refractivity contribution >= 4 is 28.1 Å². The molecule has 17 heavy (non-hydrogen) atoms. The second-order valence-electron chi connectivity index (χ2n) is 4.41. The first kappa shape index (κ1) is 10.6. The zero-order valence-electron chi connectivity index (χ0n) is 9.50. The van der Waals surface area contributed by atoms with E-state index in [4.69, 9.17) is 16.8 Å². The van der Waals surface area contributed by atoms with Gasteiger partial charge >= 0.3 is 0 Å². The predicted octanol–water partition coefficient (Wildman–Crippen LogP) is 3.79. The maximum absolute atomic E-state index is 8.93. The lowest BCUT2D eigenvalue weighted by molar-refractivity contribution is 0.319. The third-order valence-corrected chi connectivity index (χ3v) is 3.80. The largest absolute Gasteiger partial charge is 0.411 e. The van der Waals surface area contributed by atoms with E-state index in [9.17, 15) is 0 Å². The van der Waals surface area contributed by atoms with E-state index in [2.05, 4.69) is 11.2 Å². The van der Waals surface area contributed by atoms with Gasteiger partial charge in [-0.15, -0.1) is 0 Å². The zero-order chi connectivity index (χ0) is 12.0. The summed E-state index contributed by atoms with van der Waals surface area (Å²) in [7, 11) is 0. The number of halogens is 1. The normalized spacial score (nSPS) is 14.6. The first-order chi connectivity index (χ1) is 8.22. The van der Waals surface area contributed by atoms with Gasteiger partial charge in [0.05, 0.1) is 5.71 Å². The van der Waals surface area contributed by atoms with E-state index in [0.29, 0.717) is 5.71 Å². The zero-order valence-corrected chi connectivity index (χ0v) is 10.3. The molecule has 0 unspecified atom stereocenters. The van der Waals surface area contributed by atoms with Gasteiger partial charge in [-0.2, -0.15) is 0 Å². The van der Waals surface area contributed by atoms with E-state index in [1.54, 1.807) is 6.92 Å². The van der Waals surface area contributed by atoms with E-state index in [-0.39, 0.29) is 0 Å². The number of hydrogen-bond donors (Lipinski definition) is 1. The van der Waals surface area contributed by atoms with Gasteiger partial charge in [-0.05, 0) is 42.3 Å². The minimum Gasteiger partial charge on any atom is -0.411 e. The smallest absolute Gasteiger partial charge is 0.0840 e. The quantitative estimate of drug-likeness (QED) is 0.463. The van der Waals surface area contributed by atoms with Crippen LogP contribution in [0.2, 0.25) is 5.02 Å². The maximum atomic E-state index is 8.93. The number of benzene rings is 2. The van der Waals surface area contributed by atoms with Gasteiger partial charge < -0.3 is 5.21 Å². The molecule has 0 aliphatic heterocycles. The third kappa shape index (κ3) is 1.44. The number of hydrogen-bond acceptors (Lipinski definition) is 2. The molecule has 1 N–H and O–H groups in total. The van der Waals surface area contributed by atoms with Crippen molar-refractivity contribution in [1.82, 2.24) is 0 Å². The summed E-state index contributed by atoms with van der Waals surface area (Å²) in [5.74, 6) is 0. The summed E-state index contributed by atoms with van der Waals surface area (Å²) in [5, 5.41) is 15.3. The van der Waals surface area contributed by atoms with Crippen molar-refractivity contribution in [1.29, 1.82) is 0 Å². The van der Waals surface area contributed by atoms with Gasteiger partial charge in [0.25, 0.3) is 0 Å². The van der Waals surface area contributed by atoms with E-state index in [1.807, 2.05) is 18.2 Å². The molecule has 1 aliphatic rings. The number of aryl methyl sites for hydroxylation is 2. The summed E-state index contributed by atoms with van der Waals surface area (Å²) in [5.41, 5.74) is 4.19. The van der Waals surface area contributed by atoms with Crippen LogP contribution in [0.25, 0.3) is 10.8 Å². The van der Waals surface area contributed by atoms with Crippen molar-refractivity contribution in [3.05, 3.63) is 46.0 Å². The number of oxime groups is 1. The van der Waals surface area contributed by atoms with Crippen molar-refractivity contribution in [2.75, 3.05) is 0 Å². The average Bonchev–Trinajstić information content (AvgIpc) is 2.78. The summed E-state index contributed by atoms with van der Waals surface area (Å²) in [6, 6.07) is 8.14. The molecule has 0 aromatic heterocycles. The second kappa shape index (κ2) is 3.74. The molecular weight excluding hydrogens is 234 g/mol. The molecule has 86 valence electrons. The van der Waals surface area contributed by atoms with Gasteiger partial charge in [-0.25, -0.2) is 0 Å². The van der Waals surface area contributed by atoms with Crippen LogP contribution in [-0.4, -0.2) is 10.9 Å². The average molecular weight is 246 g/mol. The standard InChI is InChI=1S/C14H12ClNO/c1-8(16-17)12-7-13(15)11-4-2-3-9-5-6-10(12)14(9)11/h2-4,7,17H,5-6H2,1H3. The number of rotatable bonds is 1. The number of nitrogens with zero attached hydrogens (tertiary/aromatic N) is 1. The Labute approximate surface area is 105 Å². The fraction of sp³-hybridized carbons (Fsp3) is 0.214. The Hall–Kier alpha value is -1.54. The van der Waals surface area contributed by atoms with Crippen LogP contribution in [-0.2, 0) is 12.8 Å². The van der Waals surface area contributed by atoms with Crippen LogP contribution < -0.4 is 0 Å². The second-order valence-corrected chi connectivity index (χ2v) is 4.82. The topological polar surface area (TPSA) is 32.6 Å². The summed E-state index contributed by atoms with van der Waals surface area (Å²) >= 11 is 6.30. The van der Waals surface area contributed by atoms with Gasteiger partial charge in [0, 0.05) is 16.0 Å². The van der Waals surface area contributed by atoms with Gasteiger partial charge in [0.15, 0.2) is 0 Å². The lowest BCUT2D eigenvalue weighted by Crippen LogP contribution is -2.00. The van der Waals surface area contributed by atoms with Crippen LogP contribution in [0.3, 0.4) is 0 Å².